The monoisotopic (exact) mass is 443 g/mol. The summed E-state index contributed by atoms with van der Waals surface area (Å²) in [4.78, 5) is 26.5. The molecular weight excluding hydrogens is 418 g/mol. The van der Waals surface area contributed by atoms with E-state index in [1.54, 1.807) is 11.3 Å². The Balaban J connectivity index is 1.73. The number of benzene rings is 1. The Hall–Kier alpha value is -3.26. The minimum absolute atomic E-state index is 0.200. The van der Waals surface area contributed by atoms with Crippen molar-refractivity contribution in [3.05, 3.63) is 63.1 Å². The molecule has 0 atom stereocenters. The van der Waals surface area contributed by atoms with Crippen LogP contribution < -0.4 is 14.2 Å². The third kappa shape index (κ3) is 4.74. The van der Waals surface area contributed by atoms with Crippen molar-refractivity contribution in [2.24, 2.45) is 0 Å². The second kappa shape index (κ2) is 9.70. The second-order valence-corrected chi connectivity index (χ2v) is 7.90. The maximum absolute atomic E-state index is 12.8. The molecule has 7 nitrogen and oxygen atoms in total. The fourth-order valence-corrected chi connectivity index (χ4v) is 4.07. The van der Waals surface area contributed by atoms with Gasteiger partial charge >= 0.3 is 5.97 Å². The summed E-state index contributed by atoms with van der Waals surface area (Å²) < 4.78 is 23.1. The number of hydrogen-bond donors (Lipinski definition) is 0. The number of carbonyl (C=O) groups excluding carboxylic acids is 2. The van der Waals surface area contributed by atoms with Gasteiger partial charge in [0, 0.05) is 21.8 Å². The van der Waals surface area contributed by atoms with Gasteiger partial charge in [0.15, 0.2) is 18.1 Å². The number of hydrogen-bond acceptors (Lipinski definition) is 7. The van der Waals surface area contributed by atoms with Crippen molar-refractivity contribution in [2.75, 3.05) is 27.9 Å². The van der Waals surface area contributed by atoms with Crippen molar-refractivity contribution in [2.45, 2.75) is 20.4 Å². The van der Waals surface area contributed by atoms with E-state index in [2.05, 4.69) is 10.6 Å². The molecule has 3 rings (SSSR count). The van der Waals surface area contributed by atoms with E-state index in [1.807, 2.05) is 31.4 Å². The van der Waals surface area contributed by atoms with E-state index in [-0.39, 0.29) is 18.0 Å². The van der Waals surface area contributed by atoms with Gasteiger partial charge in [-0.05, 0) is 43.5 Å². The van der Waals surface area contributed by atoms with Gasteiger partial charge in [-0.1, -0.05) is 6.07 Å². The molecule has 0 N–H and O–H groups in total. The minimum atomic E-state index is -0.653. The van der Waals surface area contributed by atoms with Crippen LogP contribution in [0.15, 0.2) is 35.7 Å². The van der Waals surface area contributed by atoms with Crippen molar-refractivity contribution in [1.82, 2.24) is 4.57 Å². The lowest BCUT2D eigenvalue weighted by Gasteiger charge is -2.13. The van der Waals surface area contributed by atoms with Crippen LogP contribution >= 0.6 is 11.3 Å². The summed E-state index contributed by atoms with van der Waals surface area (Å²) in [5, 5.41) is 2.03. The van der Waals surface area contributed by atoms with Crippen molar-refractivity contribution < 1.29 is 28.5 Å². The van der Waals surface area contributed by atoms with E-state index < -0.39 is 5.97 Å². The van der Waals surface area contributed by atoms with Crippen LogP contribution in [0.4, 0.5) is 0 Å². The fraction of sp³-hybridized carbons (Fsp3) is 0.304. The van der Waals surface area contributed by atoms with Crippen LogP contribution in [0.2, 0.25) is 0 Å². The van der Waals surface area contributed by atoms with Crippen LogP contribution in [0, 0.1) is 13.8 Å². The van der Waals surface area contributed by atoms with Crippen LogP contribution in [0.5, 0.6) is 17.2 Å². The average Bonchev–Trinajstić information content (AvgIpc) is 3.39. The number of ketones is 1. The van der Waals surface area contributed by atoms with Gasteiger partial charge < -0.3 is 23.5 Å². The van der Waals surface area contributed by atoms with Crippen LogP contribution in [0.1, 0.15) is 37.0 Å². The molecule has 0 aliphatic rings. The molecule has 8 heteroatoms. The fourth-order valence-electron chi connectivity index (χ4n) is 3.38. The van der Waals surface area contributed by atoms with Gasteiger partial charge in [0.2, 0.25) is 11.5 Å². The first-order chi connectivity index (χ1) is 14.9. The molecule has 1 aromatic carbocycles. The van der Waals surface area contributed by atoms with Crippen molar-refractivity contribution >= 4 is 23.1 Å². The number of Topliss-reactive ketones (excluding diaryl/α,β-unsaturated/α-hetero) is 1. The van der Waals surface area contributed by atoms with Crippen LogP contribution in [0.3, 0.4) is 0 Å². The van der Waals surface area contributed by atoms with E-state index >= 15 is 0 Å². The maximum atomic E-state index is 12.8. The highest BCUT2D eigenvalue weighted by Gasteiger charge is 2.21. The van der Waals surface area contributed by atoms with E-state index in [0.717, 1.165) is 11.4 Å². The standard InChI is InChI=1S/C23H25NO6S/c1-14-9-18(15(2)24(14)12-17-7-6-8-31-17)19(25)13-30-23(26)16-10-20(27-3)22(29-5)21(11-16)28-4/h6-11H,12-13H2,1-5H3. The molecule has 31 heavy (non-hydrogen) atoms. The van der Waals surface area contributed by atoms with Crippen molar-refractivity contribution in [1.29, 1.82) is 0 Å². The number of ether oxygens (including phenoxy) is 4. The Labute approximate surface area is 185 Å². The summed E-state index contributed by atoms with van der Waals surface area (Å²) in [6.45, 7) is 4.20. The van der Waals surface area contributed by atoms with Gasteiger partial charge in [0.25, 0.3) is 0 Å². The normalized spacial score (nSPS) is 10.6. The van der Waals surface area contributed by atoms with Gasteiger partial charge in [0.05, 0.1) is 33.4 Å². The zero-order valence-electron chi connectivity index (χ0n) is 18.2. The maximum Gasteiger partial charge on any atom is 0.338 e. The molecule has 0 spiro atoms. The largest absolute Gasteiger partial charge is 0.493 e. The Bertz CT molecular complexity index is 1060. The molecule has 0 bridgehead atoms. The number of nitrogens with zero attached hydrogens (tertiary/aromatic N) is 1. The van der Waals surface area contributed by atoms with Crippen LogP contribution in [-0.4, -0.2) is 44.3 Å². The van der Waals surface area contributed by atoms with E-state index in [4.69, 9.17) is 18.9 Å². The summed E-state index contributed by atoms with van der Waals surface area (Å²) in [5.74, 6) is 0.122. The summed E-state index contributed by atoms with van der Waals surface area (Å²) in [7, 11) is 4.40. The summed E-state index contributed by atoms with van der Waals surface area (Å²) in [5.41, 5.74) is 2.57. The molecule has 0 radical (unpaired) electrons. The van der Waals surface area contributed by atoms with Gasteiger partial charge in [-0.25, -0.2) is 4.79 Å². The van der Waals surface area contributed by atoms with Gasteiger partial charge in [-0.2, -0.15) is 0 Å². The quantitative estimate of drug-likeness (QED) is 0.363. The number of thiophene rings is 1. The highest BCUT2D eigenvalue weighted by atomic mass is 32.1. The highest BCUT2D eigenvalue weighted by Crippen LogP contribution is 2.38. The number of carbonyl (C=O) groups is 2. The zero-order valence-corrected chi connectivity index (χ0v) is 19.0. The molecule has 0 saturated heterocycles. The molecule has 3 aromatic rings. The lowest BCUT2D eigenvalue weighted by molar-refractivity contribution is 0.0474. The van der Waals surface area contributed by atoms with Gasteiger partial charge in [0.1, 0.15) is 0 Å². The van der Waals surface area contributed by atoms with E-state index in [0.29, 0.717) is 29.4 Å². The molecule has 2 aromatic heterocycles. The Kier molecular flexibility index (Phi) is 7.02. The molecule has 0 aliphatic heterocycles. The molecule has 0 fully saturated rings. The second-order valence-electron chi connectivity index (χ2n) is 6.86. The number of methoxy groups -OCH3 is 3. The van der Waals surface area contributed by atoms with Crippen LogP contribution in [0.25, 0.3) is 0 Å². The van der Waals surface area contributed by atoms with Gasteiger partial charge in [-0.15, -0.1) is 11.3 Å². The molecular formula is C23H25NO6S. The molecule has 2 heterocycles. The first-order valence-electron chi connectivity index (χ1n) is 9.59. The van der Waals surface area contributed by atoms with Crippen molar-refractivity contribution in [3.63, 3.8) is 0 Å². The van der Waals surface area contributed by atoms with E-state index in [9.17, 15) is 9.59 Å². The summed E-state index contributed by atoms with van der Waals surface area (Å²) >= 11 is 1.67. The highest BCUT2D eigenvalue weighted by molar-refractivity contribution is 7.09. The predicted octanol–water partition coefficient (Wildman–Crippen LogP) is 4.28. The Morgan fingerprint density at radius 1 is 1.00 bits per heavy atom. The van der Waals surface area contributed by atoms with E-state index in [1.165, 1.54) is 38.3 Å². The minimum Gasteiger partial charge on any atom is -0.493 e. The topological polar surface area (TPSA) is 76.0 Å². The average molecular weight is 444 g/mol. The lowest BCUT2D eigenvalue weighted by atomic mass is 10.1. The Morgan fingerprint density at radius 3 is 2.23 bits per heavy atom. The molecule has 0 amide bonds. The first-order valence-corrected chi connectivity index (χ1v) is 10.5. The molecule has 0 saturated carbocycles. The number of rotatable bonds is 9. The SMILES string of the molecule is COc1cc(C(=O)OCC(=O)c2cc(C)n(Cc3cccs3)c2C)cc(OC)c1OC. The number of esters is 1. The molecule has 164 valence electrons. The smallest absolute Gasteiger partial charge is 0.338 e. The molecule has 0 aliphatic carbocycles. The first kappa shape index (κ1) is 22.4. The molecule has 0 unspecified atom stereocenters. The van der Waals surface area contributed by atoms with Crippen molar-refractivity contribution in [3.8, 4) is 17.2 Å². The number of aromatic nitrogens is 1. The lowest BCUT2D eigenvalue weighted by Crippen LogP contribution is -2.15. The number of aryl methyl sites for hydroxylation is 1. The summed E-state index contributed by atoms with van der Waals surface area (Å²) in [6.07, 6.45) is 0. The predicted molar refractivity (Wildman–Crippen MR) is 118 cm³/mol. The zero-order chi connectivity index (χ0) is 22.5. The third-order valence-electron chi connectivity index (χ3n) is 5.00. The Morgan fingerprint density at radius 2 is 1.68 bits per heavy atom. The van der Waals surface area contributed by atoms with Gasteiger partial charge in [-0.3, -0.25) is 4.79 Å². The third-order valence-corrected chi connectivity index (χ3v) is 5.86. The van der Waals surface area contributed by atoms with Crippen LogP contribution in [-0.2, 0) is 11.3 Å². The summed E-state index contributed by atoms with van der Waals surface area (Å²) in [6, 6.07) is 8.87.